The van der Waals surface area contributed by atoms with E-state index in [9.17, 15) is 9.59 Å². The third-order valence-electron chi connectivity index (χ3n) is 2.33. The summed E-state index contributed by atoms with van der Waals surface area (Å²) in [6, 6.07) is 7.29. The van der Waals surface area contributed by atoms with Crippen LogP contribution in [0.5, 0.6) is 0 Å². The minimum atomic E-state index is -0.307. The summed E-state index contributed by atoms with van der Waals surface area (Å²) in [5.41, 5.74) is 0.231. The van der Waals surface area contributed by atoms with Gasteiger partial charge in [0.2, 0.25) is 0 Å². The van der Waals surface area contributed by atoms with E-state index in [1.165, 1.54) is 15.9 Å². The Kier molecular flexibility index (Phi) is 1.58. The first kappa shape index (κ1) is 8.43. The molecule has 0 unspecified atom stereocenters. The topological polar surface area (TPSA) is 54.3 Å². The van der Waals surface area contributed by atoms with Crippen LogP contribution in [0.15, 0.2) is 40.1 Å². The summed E-state index contributed by atoms with van der Waals surface area (Å²) in [5, 5.41) is 0.240. The van der Waals surface area contributed by atoms with Crippen LogP contribution in [0.25, 0.3) is 15.6 Å². The molecule has 0 atom stereocenters. The van der Waals surface area contributed by atoms with Crippen LogP contribution in [0, 0.1) is 0 Å². The van der Waals surface area contributed by atoms with Crippen molar-refractivity contribution in [3.05, 3.63) is 51.2 Å². The maximum Gasteiger partial charge on any atom is 0.271 e. The fraction of sp³-hybridized carbons (Fsp3) is 0. The Morgan fingerprint density at radius 3 is 3.00 bits per heavy atom. The average molecular weight is 218 g/mol. The number of nitrogens with zero attached hydrogens (tertiary/aromatic N) is 1. The molecule has 0 aromatic carbocycles. The molecule has 3 heterocycles. The molecule has 0 amide bonds. The zero-order valence-electron chi connectivity index (χ0n) is 7.56. The maximum atomic E-state index is 11.9. The number of nitrogens with one attached hydrogen (secondary N) is 1. The predicted octanol–water partition coefficient (Wildman–Crippen LogP) is 1.20. The van der Waals surface area contributed by atoms with Gasteiger partial charge in [0.25, 0.3) is 11.1 Å². The number of aromatic nitrogens is 2. The van der Waals surface area contributed by atoms with Gasteiger partial charge in [-0.3, -0.25) is 18.4 Å². The van der Waals surface area contributed by atoms with Gasteiger partial charge in [0, 0.05) is 6.20 Å². The molecule has 0 aliphatic heterocycles. The Labute approximate surface area is 87.6 Å². The lowest BCUT2D eigenvalue weighted by Crippen LogP contribution is -2.17. The molecule has 3 aromatic rings. The van der Waals surface area contributed by atoms with E-state index in [-0.39, 0.29) is 16.5 Å². The average Bonchev–Trinajstić information content (AvgIpc) is 2.61. The molecule has 0 saturated heterocycles. The number of rotatable bonds is 0. The Morgan fingerprint density at radius 1 is 1.27 bits per heavy atom. The molecule has 3 aromatic heterocycles. The zero-order valence-corrected chi connectivity index (χ0v) is 8.38. The van der Waals surface area contributed by atoms with Crippen molar-refractivity contribution in [2.45, 2.75) is 0 Å². The van der Waals surface area contributed by atoms with E-state index in [1.807, 2.05) is 18.2 Å². The van der Waals surface area contributed by atoms with Crippen LogP contribution < -0.4 is 11.1 Å². The van der Waals surface area contributed by atoms with Crippen LogP contribution in [0.4, 0.5) is 0 Å². The molecule has 5 heteroatoms. The number of aromatic amines is 1. The van der Waals surface area contributed by atoms with E-state index in [0.717, 1.165) is 5.52 Å². The van der Waals surface area contributed by atoms with Gasteiger partial charge in [-0.05, 0) is 18.2 Å². The van der Waals surface area contributed by atoms with Gasteiger partial charge in [0.1, 0.15) is 5.39 Å². The molecular weight excluding hydrogens is 212 g/mol. The second kappa shape index (κ2) is 2.80. The summed E-state index contributed by atoms with van der Waals surface area (Å²) in [4.78, 5) is 23.3. The van der Waals surface area contributed by atoms with Gasteiger partial charge in [0.05, 0.1) is 10.2 Å². The van der Waals surface area contributed by atoms with Gasteiger partial charge >= 0.3 is 0 Å². The number of hydrogen-bond acceptors (Lipinski definition) is 3. The molecular formula is C10H6N2O2S. The first-order valence-electron chi connectivity index (χ1n) is 4.39. The quantitative estimate of drug-likeness (QED) is 0.616. The normalized spacial score (nSPS) is 11.2. The monoisotopic (exact) mass is 218 g/mol. The van der Waals surface area contributed by atoms with Crippen molar-refractivity contribution in [2.24, 2.45) is 0 Å². The third-order valence-corrected chi connectivity index (χ3v) is 3.16. The van der Waals surface area contributed by atoms with E-state index >= 15 is 0 Å². The molecule has 0 spiro atoms. The Bertz CT molecular complexity index is 766. The summed E-state index contributed by atoms with van der Waals surface area (Å²) in [6.07, 6.45) is 1.66. The zero-order chi connectivity index (χ0) is 10.4. The highest BCUT2D eigenvalue weighted by molar-refractivity contribution is 7.13. The van der Waals surface area contributed by atoms with Crippen molar-refractivity contribution in [3.8, 4) is 0 Å². The van der Waals surface area contributed by atoms with Crippen LogP contribution in [-0.4, -0.2) is 8.77 Å². The van der Waals surface area contributed by atoms with Crippen LogP contribution in [-0.2, 0) is 0 Å². The number of hydrogen-bond donors (Lipinski definition) is 1. The Morgan fingerprint density at radius 2 is 2.13 bits per heavy atom. The van der Waals surface area contributed by atoms with Crippen molar-refractivity contribution in [1.29, 1.82) is 0 Å². The molecule has 0 radical (unpaired) electrons. The molecule has 0 aliphatic rings. The van der Waals surface area contributed by atoms with Gasteiger partial charge in [-0.2, -0.15) is 0 Å². The minimum absolute atomic E-state index is 0.240. The summed E-state index contributed by atoms with van der Waals surface area (Å²) in [5.74, 6) is 0. The molecule has 1 N–H and O–H groups in total. The summed E-state index contributed by atoms with van der Waals surface area (Å²) >= 11 is 1.19. The van der Waals surface area contributed by atoms with Crippen molar-refractivity contribution in [3.63, 3.8) is 0 Å². The fourth-order valence-corrected chi connectivity index (χ4v) is 2.40. The molecule has 0 aliphatic carbocycles. The van der Waals surface area contributed by atoms with E-state index < -0.39 is 0 Å². The third kappa shape index (κ3) is 1.07. The Balaban J connectivity index is 2.75. The number of pyridine rings is 2. The van der Waals surface area contributed by atoms with E-state index in [2.05, 4.69) is 4.37 Å². The molecule has 3 rings (SSSR count). The van der Waals surface area contributed by atoms with Gasteiger partial charge < -0.3 is 0 Å². The summed E-state index contributed by atoms with van der Waals surface area (Å²) < 4.78 is 4.75. The highest BCUT2D eigenvalue weighted by Gasteiger charge is 2.08. The first-order chi connectivity index (χ1) is 7.27. The molecule has 15 heavy (non-hydrogen) atoms. The lowest BCUT2D eigenvalue weighted by molar-refractivity contribution is 1.12. The predicted molar refractivity (Wildman–Crippen MR) is 59.7 cm³/mol. The lowest BCUT2D eigenvalue weighted by Gasteiger charge is -1.98. The van der Waals surface area contributed by atoms with E-state index in [1.54, 1.807) is 12.3 Å². The van der Waals surface area contributed by atoms with E-state index in [4.69, 9.17) is 0 Å². The van der Waals surface area contributed by atoms with Crippen molar-refractivity contribution in [1.82, 2.24) is 8.77 Å². The fourth-order valence-electron chi connectivity index (χ4n) is 1.63. The second-order valence-electron chi connectivity index (χ2n) is 3.22. The minimum Gasteiger partial charge on any atom is -0.284 e. The first-order valence-corrected chi connectivity index (χ1v) is 5.20. The van der Waals surface area contributed by atoms with Gasteiger partial charge in [-0.15, -0.1) is 0 Å². The van der Waals surface area contributed by atoms with Gasteiger partial charge in [0.15, 0.2) is 0 Å². The standard InChI is InChI=1S/C10H6N2O2S/c13-9-8-7(15-11-9)5-6-3-1-2-4-12(6)10(8)14/h1-5H,(H,11,13). The molecule has 0 fully saturated rings. The largest absolute Gasteiger partial charge is 0.284 e. The van der Waals surface area contributed by atoms with Crippen LogP contribution >= 0.6 is 11.5 Å². The second-order valence-corrected chi connectivity index (χ2v) is 4.07. The van der Waals surface area contributed by atoms with Crippen LogP contribution in [0.2, 0.25) is 0 Å². The lowest BCUT2D eigenvalue weighted by atomic mass is 10.3. The molecule has 0 saturated carbocycles. The number of fused-ring (bicyclic) bond motifs is 2. The number of H-pyrrole nitrogens is 1. The van der Waals surface area contributed by atoms with Crippen molar-refractivity contribution >= 4 is 27.1 Å². The Hall–Kier alpha value is -1.88. The summed E-state index contributed by atoms with van der Waals surface area (Å²) in [7, 11) is 0. The SMILES string of the molecule is O=c1[nH]sc2cc3ccccn3c(=O)c12. The summed E-state index contributed by atoms with van der Waals surface area (Å²) in [6.45, 7) is 0. The van der Waals surface area contributed by atoms with Crippen LogP contribution in [0.1, 0.15) is 0 Å². The van der Waals surface area contributed by atoms with Gasteiger partial charge in [-0.1, -0.05) is 17.6 Å². The smallest absolute Gasteiger partial charge is 0.271 e. The molecule has 0 bridgehead atoms. The van der Waals surface area contributed by atoms with Crippen molar-refractivity contribution < 1.29 is 0 Å². The maximum absolute atomic E-state index is 11.9. The van der Waals surface area contributed by atoms with E-state index in [0.29, 0.717) is 4.70 Å². The highest BCUT2D eigenvalue weighted by Crippen LogP contribution is 2.12. The van der Waals surface area contributed by atoms with Crippen molar-refractivity contribution in [2.75, 3.05) is 0 Å². The highest BCUT2D eigenvalue weighted by atomic mass is 32.1. The van der Waals surface area contributed by atoms with Crippen LogP contribution in [0.3, 0.4) is 0 Å². The molecule has 74 valence electrons. The van der Waals surface area contributed by atoms with Gasteiger partial charge in [-0.25, -0.2) is 0 Å². The molecule has 4 nitrogen and oxygen atoms in total.